The second-order valence-corrected chi connectivity index (χ2v) is 14.9. The van der Waals surface area contributed by atoms with Crippen LogP contribution in [0.15, 0.2) is 66.7 Å². The molecule has 0 spiro atoms. The zero-order valence-electron chi connectivity index (χ0n) is 31.6. The number of amides is 5. The summed E-state index contributed by atoms with van der Waals surface area (Å²) in [5.74, 6) is 0.101. The molecular formula is C42H50N6O7. The second kappa shape index (κ2) is 16.5. The number of piperazine rings is 1. The first-order valence-corrected chi connectivity index (χ1v) is 19.3. The van der Waals surface area contributed by atoms with Crippen molar-refractivity contribution in [3.05, 3.63) is 89.0 Å². The number of anilines is 1. The molecule has 13 nitrogen and oxygen atoms in total. The number of methoxy groups -OCH3 is 1. The van der Waals surface area contributed by atoms with Gasteiger partial charge in [0.2, 0.25) is 23.6 Å². The molecule has 3 aromatic rings. The maximum Gasteiger partial charge on any atom is 0.255 e. The molecule has 3 aromatic carbocycles. The summed E-state index contributed by atoms with van der Waals surface area (Å²) in [6, 6.07) is 19.4. The molecule has 3 N–H and O–H groups in total. The fraction of sp³-hybridized carbons (Fsp3) is 0.452. The molecule has 7 rings (SSSR count). The lowest BCUT2D eigenvalue weighted by molar-refractivity contribution is -0.137. The van der Waals surface area contributed by atoms with Gasteiger partial charge >= 0.3 is 0 Å². The molecule has 3 fully saturated rings. The Hall–Kier alpha value is -5.43. The Labute approximate surface area is 321 Å². The van der Waals surface area contributed by atoms with Crippen LogP contribution < -0.4 is 30.3 Å². The Morgan fingerprint density at radius 3 is 2.42 bits per heavy atom. The third kappa shape index (κ3) is 8.31. The SMILES string of the molecule is CNC(=O)[C@@H](NC(=O)C1(c2ccc(OC)cc2)CC1)c1cccc(OCCCCCN2CCN(c3ccc4c(c3)CN(C3CCC(=O)NC3=O)C4=O)CC2)c1. The number of hydrogen-bond donors (Lipinski definition) is 3. The molecule has 55 heavy (non-hydrogen) atoms. The smallest absolute Gasteiger partial charge is 0.255 e. The minimum Gasteiger partial charge on any atom is -0.497 e. The molecule has 5 amide bonds. The first-order chi connectivity index (χ1) is 26.7. The van der Waals surface area contributed by atoms with E-state index in [0.717, 1.165) is 87.4 Å². The number of rotatable bonds is 15. The summed E-state index contributed by atoms with van der Waals surface area (Å²) in [6.07, 6.45) is 5.02. The van der Waals surface area contributed by atoms with Crippen LogP contribution >= 0.6 is 0 Å². The standard InChI is InChI=1S/C42H50N6O7/c1-43-39(51)37(45-41(53)42(17-18-42)30-9-12-32(54-2)13-10-30)28-7-6-8-33(26-28)55-24-5-3-4-19-46-20-22-47(23-21-46)31-11-14-34-29(25-31)27-48(40(34)52)35-15-16-36(49)44-38(35)50/h6-14,25-26,35,37H,3-5,15-24,27H2,1-2H3,(H,43,51)(H,45,53)(H,44,49,50)/t35?,37-/m0/s1. The number of ether oxygens (including phenoxy) is 2. The highest BCUT2D eigenvalue weighted by atomic mass is 16.5. The van der Waals surface area contributed by atoms with E-state index in [9.17, 15) is 24.0 Å². The molecule has 2 atom stereocenters. The van der Waals surface area contributed by atoms with E-state index in [1.807, 2.05) is 60.7 Å². The number of unbranched alkanes of at least 4 members (excludes halogenated alkanes) is 2. The molecule has 1 aliphatic carbocycles. The van der Waals surface area contributed by atoms with Gasteiger partial charge < -0.3 is 29.9 Å². The Morgan fingerprint density at radius 2 is 1.71 bits per heavy atom. The zero-order chi connectivity index (χ0) is 38.5. The van der Waals surface area contributed by atoms with Crippen LogP contribution in [0.5, 0.6) is 11.5 Å². The lowest BCUT2D eigenvalue weighted by atomic mass is 9.94. The van der Waals surface area contributed by atoms with Crippen LogP contribution in [0, 0.1) is 0 Å². The fourth-order valence-corrected chi connectivity index (χ4v) is 7.97. The average molecular weight is 751 g/mol. The van der Waals surface area contributed by atoms with Gasteiger partial charge in [-0.15, -0.1) is 0 Å². The van der Waals surface area contributed by atoms with Crippen molar-refractivity contribution < 1.29 is 33.4 Å². The number of imide groups is 1. The average Bonchev–Trinajstić information content (AvgIpc) is 3.96. The van der Waals surface area contributed by atoms with Crippen LogP contribution in [0.4, 0.5) is 5.69 Å². The molecular weight excluding hydrogens is 700 g/mol. The number of nitrogens with zero attached hydrogens (tertiary/aromatic N) is 3. The van der Waals surface area contributed by atoms with Crippen LogP contribution in [-0.4, -0.2) is 98.9 Å². The fourth-order valence-electron chi connectivity index (χ4n) is 7.97. The van der Waals surface area contributed by atoms with Crippen LogP contribution in [-0.2, 0) is 31.1 Å². The Kier molecular flexibility index (Phi) is 11.4. The third-order valence-electron chi connectivity index (χ3n) is 11.4. The maximum absolute atomic E-state index is 13.6. The van der Waals surface area contributed by atoms with Crippen molar-refractivity contribution in [3.63, 3.8) is 0 Å². The van der Waals surface area contributed by atoms with Gasteiger partial charge in [0.05, 0.1) is 19.1 Å². The van der Waals surface area contributed by atoms with E-state index in [-0.39, 0.29) is 30.0 Å². The molecule has 0 radical (unpaired) electrons. The molecule has 3 heterocycles. The van der Waals surface area contributed by atoms with E-state index < -0.39 is 23.4 Å². The van der Waals surface area contributed by atoms with Gasteiger partial charge in [-0.25, -0.2) is 0 Å². The zero-order valence-corrected chi connectivity index (χ0v) is 31.6. The highest BCUT2D eigenvalue weighted by Crippen LogP contribution is 2.49. The van der Waals surface area contributed by atoms with E-state index in [0.29, 0.717) is 36.4 Å². The lowest BCUT2D eigenvalue weighted by Gasteiger charge is -2.36. The van der Waals surface area contributed by atoms with Gasteiger partial charge in [0, 0.05) is 57.4 Å². The molecule has 0 bridgehead atoms. The summed E-state index contributed by atoms with van der Waals surface area (Å²) < 4.78 is 11.4. The van der Waals surface area contributed by atoms with Crippen LogP contribution in [0.25, 0.3) is 0 Å². The minimum atomic E-state index is -0.848. The number of piperidine rings is 1. The molecule has 2 saturated heterocycles. The Bertz CT molecular complexity index is 1920. The normalized spacial score (nSPS) is 19.7. The topological polar surface area (TPSA) is 150 Å². The van der Waals surface area contributed by atoms with Crippen molar-refractivity contribution in [2.75, 3.05) is 58.4 Å². The number of fused-ring (bicyclic) bond motifs is 1. The van der Waals surface area contributed by atoms with Crippen molar-refractivity contribution in [3.8, 4) is 11.5 Å². The number of likely N-dealkylation sites (N-methyl/N-ethyl adjacent to an activating group) is 1. The van der Waals surface area contributed by atoms with E-state index in [2.05, 4.69) is 31.8 Å². The summed E-state index contributed by atoms with van der Waals surface area (Å²) in [5, 5.41) is 8.07. The number of hydrogen-bond acceptors (Lipinski definition) is 9. The number of benzene rings is 3. The van der Waals surface area contributed by atoms with Crippen molar-refractivity contribution in [2.45, 2.75) is 69.0 Å². The molecule has 1 saturated carbocycles. The minimum absolute atomic E-state index is 0.150. The Balaban J connectivity index is 0.833. The van der Waals surface area contributed by atoms with Crippen molar-refractivity contribution in [1.82, 2.24) is 25.8 Å². The molecule has 290 valence electrons. The van der Waals surface area contributed by atoms with Gasteiger partial charge in [-0.1, -0.05) is 24.3 Å². The van der Waals surface area contributed by atoms with Gasteiger partial charge in [0.15, 0.2) is 0 Å². The van der Waals surface area contributed by atoms with Gasteiger partial charge in [-0.3, -0.25) is 34.2 Å². The Morgan fingerprint density at radius 1 is 0.927 bits per heavy atom. The van der Waals surface area contributed by atoms with Crippen molar-refractivity contribution in [2.24, 2.45) is 0 Å². The second-order valence-electron chi connectivity index (χ2n) is 14.9. The third-order valence-corrected chi connectivity index (χ3v) is 11.4. The number of carbonyl (C=O) groups is 5. The number of nitrogens with one attached hydrogen (secondary N) is 3. The first kappa shape index (κ1) is 37.9. The summed E-state index contributed by atoms with van der Waals surface area (Å²) in [4.78, 5) is 70.1. The summed E-state index contributed by atoms with van der Waals surface area (Å²) in [7, 11) is 3.18. The van der Waals surface area contributed by atoms with Gasteiger partial charge in [0.25, 0.3) is 5.91 Å². The molecule has 1 unspecified atom stereocenters. The van der Waals surface area contributed by atoms with Crippen LogP contribution in [0.3, 0.4) is 0 Å². The predicted molar refractivity (Wildman–Crippen MR) is 206 cm³/mol. The first-order valence-electron chi connectivity index (χ1n) is 19.3. The van der Waals surface area contributed by atoms with Crippen LogP contribution in [0.1, 0.15) is 78.0 Å². The van der Waals surface area contributed by atoms with E-state index >= 15 is 0 Å². The molecule has 0 aromatic heterocycles. The van der Waals surface area contributed by atoms with Gasteiger partial charge in [-0.05, 0) is 104 Å². The van der Waals surface area contributed by atoms with Crippen molar-refractivity contribution >= 4 is 35.2 Å². The quantitative estimate of drug-likeness (QED) is 0.157. The molecule has 13 heteroatoms. The van der Waals surface area contributed by atoms with Crippen LogP contribution in [0.2, 0.25) is 0 Å². The van der Waals surface area contributed by atoms with Crippen molar-refractivity contribution in [1.29, 1.82) is 0 Å². The van der Waals surface area contributed by atoms with Gasteiger partial charge in [-0.2, -0.15) is 0 Å². The lowest BCUT2D eigenvalue weighted by Crippen LogP contribution is -2.52. The van der Waals surface area contributed by atoms with E-state index in [4.69, 9.17) is 9.47 Å². The summed E-state index contributed by atoms with van der Waals surface area (Å²) >= 11 is 0. The van der Waals surface area contributed by atoms with E-state index in [1.165, 1.54) is 0 Å². The summed E-state index contributed by atoms with van der Waals surface area (Å²) in [5.41, 5.74) is 3.58. The number of carbonyl (C=O) groups excluding carboxylic acids is 5. The molecule has 4 aliphatic rings. The highest BCUT2D eigenvalue weighted by Gasteiger charge is 2.52. The highest BCUT2D eigenvalue weighted by molar-refractivity contribution is 6.05. The largest absolute Gasteiger partial charge is 0.497 e. The van der Waals surface area contributed by atoms with Gasteiger partial charge in [0.1, 0.15) is 23.6 Å². The van der Waals surface area contributed by atoms with E-state index in [1.54, 1.807) is 19.1 Å². The predicted octanol–water partition coefficient (Wildman–Crippen LogP) is 3.46. The summed E-state index contributed by atoms with van der Waals surface area (Å²) in [6.45, 7) is 5.62. The maximum atomic E-state index is 13.6. The molecule has 3 aliphatic heterocycles. The monoisotopic (exact) mass is 750 g/mol.